The average molecular weight is 326 g/mol. The molecule has 1 aliphatic rings. The van der Waals surface area contributed by atoms with Crippen LogP contribution in [0.15, 0.2) is 36.5 Å². The molecule has 5 nitrogen and oxygen atoms in total. The first kappa shape index (κ1) is 16.6. The molecule has 1 amide bonds. The summed E-state index contributed by atoms with van der Waals surface area (Å²) in [4.78, 5) is 16.9. The molecule has 24 heavy (non-hydrogen) atoms. The molecule has 0 aliphatic carbocycles. The predicted octanol–water partition coefficient (Wildman–Crippen LogP) is 2.96. The second kappa shape index (κ2) is 7.51. The summed E-state index contributed by atoms with van der Waals surface area (Å²) in [6, 6.07) is 10.5. The van der Waals surface area contributed by atoms with E-state index in [4.69, 9.17) is 0 Å². The van der Waals surface area contributed by atoms with E-state index in [1.54, 1.807) is 6.20 Å². The molecule has 0 radical (unpaired) electrons. The van der Waals surface area contributed by atoms with Gasteiger partial charge in [0.2, 0.25) is 0 Å². The van der Waals surface area contributed by atoms with Crippen LogP contribution in [0, 0.1) is 5.92 Å². The Morgan fingerprint density at radius 2 is 2.17 bits per heavy atom. The SMILES string of the molecule is CCCc1[nH]ncc1C(=O)N(C)C[C@H]1CCN(c2ccccc2)C1. The quantitative estimate of drug-likeness (QED) is 0.888. The Hall–Kier alpha value is -2.30. The molecule has 1 aliphatic heterocycles. The highest BCUT2D eigenvalue weighted by Crippen LogP contribution is 2.24. The van der Waals surface area contributed by atoms with Crippen LogP contribution in [0.5, 0.6) is 0 Å². The molecule has 1 atom stereocenters. The molecule has 0 spiro atoms. The van der Waals surface area contributed by atoms with Gasteiger partial charge >= 0.3 is 0 Å². The Bertz CT molecular complexity index is 667. The summed E-state index contributed by atoms with van der Waals surface area (Å²) in [6.07, 6.45) is 4.65. The van der Waals surface area contributed by atoms with Crippen LogP contribution < -0.4 is 4.90 Å². The summed E-state index contributed by atoms with van der Waals surface area (Å²) in [5.74, 6) is 0.589. The molecular formula is C19H26N4O. The Morgan fingerprint density at radius 1 is 1.38 bits per heavy atom. The first-order chi connectivity index (χ1) is 11.7. The second-order valence-electron chi connectivity index (χ2n) is 6.63. The number of benzene rings is 1. The van der Waals surface area contributed by atoms with Gasteiger partial charge in [-0.25, -0.2) is 0 Å². The number of hydrogen-bond acceptors (Lipinski definition) is 3. The number of aryl methyl sites for hydroxylation is 1. The number of aromatic nitrogens is 2. The van der Waals surface area contributed by atoms with E-state index in [9.17, 15) is 4.79 Å². The number of anilines is 1. The Morgan fingerprint density at radius 3 is 2.92 bits per heavy atom. The fraction of sp³-hybridized carbons (Fsp3) is 0.474. The highest BCUT2D eigenvalue weighted by Gasteiger charge is 2.26. The normalized spacial score (nSPS) is 17.2. The third-order valence-corrected chi connectivity index (χ3v) is 4.73. The summed E-state index contributed by atoms with van der Waals surface area (Å²) in [5, 5.41) is 7.01. The van der Waals surface area contributed by atoms with E-state index in [1.165, 1.54) is 5.69 Å². The predicted molar refractivity (Wildman–Crippen MR) is 96.3 cm³/mol. The van der Waals surface area contributed by atoms with Gasteiger partial charge in [0.25, 0.3) is 5.91 Å². The molecule has 1 aromatic heterocycles. The summed E-state index contributed by atoms with van der Waals surface area (Å²) < 4.78 is 0. The molecule has 1 N–H and O–H groups in total. The number of rotatable bonds is 6. The molecule has 3 rings (SSSR count). The number of para-hydroxylation sites is 1. The Balaban J connectivity index is 1.58. The van der Waals surface area contributed by atoms with E-state index >= 15 is 0 Å². The molecule has 2 heterocycles. The van der Waals surface area contributed by atoms with E-state index in [-0.39, 0.29) is 5.91 Å². The standard InChI is InChI=1S/C19H26N4O/c1-3-7-18-17(12-20-21-18)19(24)22(2)13-15-10-11-23(14-15)16-8-5-4-6-9-16/h4-6,8-9,12,15H,3,7,10-11,13-14H2,1-2H3,(H,20,21)/t15-/m1/s1. The lowest BCUT2D eigenvalue weighted by molar-refractivity contribution is 0.0775. The van der Waals surface area contributed by atoms with Crippen LogP contribution in [0.2, 0.25) is 0 Å². The first-order valence-electron chi connectivity index (χ1n) is 8.76. The van der Waals surface area contributed by atoms with Crippen LogP contribution in [0.3, 0.4) is 0 Å². The van der Waals surface area contributed by atoms with Crippen LogP contribution in [-0.2, 0) is 6.42 Å². The molecule has 0 unspecified atom stereocenters. The first-order valence-corrected chi connectivity index (χ1v) is 8.76. The van der Waals surface area contributed by atoms with Crippen molar-refractivity contribution in [2.24, 2.45) is 5.92 Å². The molecule has 128 valence electrons. The summed E-state index contributed by atoms with van der Waals surface area (Å²) in [5.41, 5.74) is 2.94. The average Bonchev–Trinajstić information content (AvgIpc) is 3.25. The molecule has 0 saturated carbocycles. The van der Waals surface area contributed by atoms with Gasteiger partial charge in [-0.15, -0.1) is 0 Å². The number of aromatic amines is 1. The van der Waals surface area contributed by atoms with E-state index in [0.717, 1.165) is 50.2 Å². The largest absolute Gasteiger partial charge is 0.371 e. The minimum absolute atomic E-state index is 0.0744. The molecular weight excluding hydrogens is 300 g/mol. The van der Waals surface area contributed by atoms with Gasteiger partial charge in [0, 0.05) is 38.1 Å². The van der Waals surface area contributed by atoms with Crippen LogP contribution in [0.1, 0.15) is 35.8 Å². The maximum Gasteiger partial charge on any atom is 0.257 e. The van der Waals surface area contributed by atoms with Crippen molar-refractivity contribution in [3.8, 4) is 0 Å². The van der Waals surface area contributed by atoms with E-state index in [1.807, 2.05) is 18.0 Å². The lowest BCUT2D eigenvalue weighted by Gasteiger charge is -2.22. The van der Waals surface area contributed by atoms with E-state index in [2.05, 4.69) is 46.3 Å². The fourth-order valence-electron chi connectivity index (χ4n) is 3.47. The van der Waals surface area contributed by atoms with Crippen molar-refractivity contribution in [2.45, 2.75) is 26.2 Å². The molecule has 1 aromatic carbocycles. The molecule has 5 heteroatoms. The number of H-pyrrole nitrogens is 1. The van der Waals surface area contributed by atoms with Crippen LogP contribution in [0.25, 0.3) is 0 Å². The highest BCUT2D eigenvalue weighted by atomic mass is 16.2. The Labute approximate surface area is 143 Å². The van der Waals surface area contributed by atoms with Gasteiger partial charge < -0.3 is 9.80 Å². The molecule has 2 aromatic rings. The third kappa shape index (κ3) is 3.61. The number of amides is 1. The smallest absolute Gasteiger partial charge is 0.257 e. The van der Waals surface area contributed by atoms with Crippen LogP contribution >= 0.6 is 0 Å². The lowest BCUT2D eigenvalue weighted by atomic mass is 10.1. The zero-order chi connectivity index (χ0) is 16.9. The number of carbonyl (C=O) groups excluding carboxylic acids is 1. The molecule has 0 bridgehead atoms. The Kier molecular flexibility index (Phi) is 5.18. The topological polar surface area (TPSA) is 52.2 Å². The van der Waals surface area contributed by atoms with Crippen LogP contribution in [0.4, 0.5) is 5.69 Å². The summed E-state index contributed by atoms with van der Waals surface area (Å²) in [7, 11) is 1.90. The van der Waals surface area contributed by atoms with Gasteiger partial charge in [-0.1, -0.05) is 31.5 Å². The van der Waals surface area contributed by atoms with E-state index < -0.39 is 0 Å². The van der Waals surface area contributed by atoms with Gasteiger partial charge in [0.15, 0.2) is 0 Å². The minimum Gasteiger partial charge on any atom is -0.371 e. The summed E-state index contributed by atoms with van der Waals surface area (Å²) >= 11 is 0. The fourth-order valence-corrected chi connectivity index (χ4v) is 3.47. The van der Waals surface area contributed by atoms with Crippen molar-refractivity contribution in [1.82, 2.24) is 15.1 Å². The van der Waals surface area contributed by atoms with Gasteiger partial charge in [0.05, 0.1) is 11.8 Å². The van der Waals surface area contributed by atoms with Crippen molar-refractivity contribution >= 4 is 11.6 Å². The zero-order valence-corrected chi connectivity index (χ0v) is 14.5. The van der Waals surface area contributed by atoms with Gasteiger partial charge in [-0.2, -0.15) is 5.10 Å². The van der Waals surface area contributed by atoms with Crippen molar-refractivity contribution < 1.29 is 4.79 Å². The monoisotopic (exact) mass is 326 g/mol. The van der Waals surface area contributed by atoms with Gasteiger partial charge in [0.1, 0.15) is 0 Å². The zero-order valence-electron chi connectivity index (χ0n) is 14.5. The number of hydrogen-bond donors (Lipinski definition) is 1. The number of nitrogens with zero attached hydrogens (tertiary/aromatic N) is 3. The molecule has 1 saturated heterocycles. The maximum atomic E-state index is 12.7. The third-order valence-electron chi connectivity index (χ3n) is 4.73. The van der Waals surface area contributed by atoms with Gasteiger partial charge in [-0.05, 0) is 30.9 Å². The lowest BCUT2D eigenvalue weighted by Crippen LogP contribution is -2.33. The highest BCUT2D eigenvalue weighted by molar-refractivity contribution is 5.94. The van der Waals surface area contributed by atoms with Crippen molar-refractivity contribution in [2.75, 3.05) is 31.6 Å². The van der Waals surface area contributed by atoms with Gasteiger partial charge in [-0.3, -0.25) is 9.89 Å². The van der Waals surface area contributed by atoms with Crippen molar-refractivity contribution in [1.29, 1.82) is 0 Å². The molecule has 1 fully saturated rings. The maximum absolute atomic E-state index is 12.7. The number of nitrogens with one attached hydrogen (secondary N) is 1. The summed E-state index contributed by atoms with van der Waals surface area (Å²) in [6.45, 7) is 4.97. The van der Waals surface area contributed by atoms with E-state index in [0.29, 0.717) is 5.92 Å². The number of carbonyl (C=O) groups is 1. The van der Waals surface area contributed by atoms with Crippen molar-refractivity contribution in [3.05, 3.63) is 47.8 Å². The second-order valence-corrected chi connectivity index (χ2v) is 6.63. The van der Waals surface area contributed by atoms with Crippen molar-refractivity contribution in [3.63, 3.8) is 0 Å². The van der Waals surface area contributed by atoms with Crippen LogP contribution in [-0.4, -0.2) is 47.7 Å². The minimum atomic E-state index is 0.0744.